The van der Waals surface area contributed by atoms with Crippen LogP contribution in [0.4, 0.5) is 41.2 Å². The van der Waals surface area contributed by atoms with Crippen LogP contribution in [-0.2, 0) is 11.3 Å². The summed E-state index contributed by atoms with van der Waals surface area (Å²) in [7, 11) is -1.65. The standard InChI is InChI=1S/C25H31BF7N3O3/c27-18-12-16(13-19(14-18)34-8-2-17(3-9-34)20(37)38)15-36-7-1-4-23(36)5-10-35(11-6-23)22(39)26-21(24(28,29)30)25(31,32)33/h12-14,17,21,26H,1-11,15H2,(H,37,38). The van der Waals surface area contributed by atoms with Gasteiger partial charge in [0.15, 0.2) is 5.81 Å². The smallest absolute Gasteiger partial charge is 0.394 e. The van der Waals surface area contributed by atoms with Crippen LogP contribution in [0.15, 0.2) is 18.2 Å². The second kappa shape index (κ2) is 11.2. The number of aliphatic carboxylic acids is 1. The van der Waals surface area contributed by atoms with E-state index in [1.165, 1.54) is 12.1 Å². The Balaban J connectivity index is 1.39. The Hall–Kier alpha value is -2.51. The molecular weight excluding hydrogens is 534 g/mol. The lowest BCUT2D eigenvalue weighted by Gasteiger charge is -2.45. The Bertz CT molecular complexity index is 1040. The second-order valence-corrected chi connectivity index (χ2v) is 10.9. The zero-order chi connectivity index (χ0) is 28.6. The van der Waals surface area contributed by atoms with Crippen LogP contribution >= 0.6 is 0 Å². The zero-order valence-electron chi connectivity index (χ0n) is 21.3. The number of benzene rings is 1. The predicted molar refractivity (Wildman–Crippen MR) is 131 cm³/mol. The van der Waals surface area contributed by atoms with Crippen molar-refractivity contribution in [3.8, 4) is 0 Å². The van der Waals surface area contributed by atoms with Gasteiger partial charge in [-0.3, -0.25) is 14.5 Å². The molecule has 1 aromatic rings. The molecule has 1 spiro atoms. The van der Waals surface area contributed by atoms with Crippen LogP contribution in [0.2, 0.25) is 5.82 Å². The summed E-state index contributed by atoms with van der Waals surface area (Å²) in [6.45, 7) is 2.24. The van der Waals surface area contributed by atoms with Crippen LogP contribution in [-0.4, -0.2) is 84.6 Å². The molecule has 0 radical (unpaired) electrons. The molecule has 3 fully saturated rings. The highest BCUT2D eigenvalue weighted by Crippen LogP contribution is 2.44. The number of likely N-dealkylation sites (tertiary alicyclic amines) is 2. The number of nitrogens with zero attached hydrogens (tertiary/aromatic N) is 3. The van der Waals surface area contributed by atoms with Crippen molar-refractivity contribution in [2.24, 2.45) is 5.92 Å². The molecule has 1 amide bonds. The quantitative estimate of drug-likeness (QED) is 0.388. The second-order valence-electron chi connectivity index (χ2n) is 10.9. The molecule has 1 N–H and O–H groups in total. The number of carboxylic acids is 1. The highest BCUT2D eigenvalue weighted by atomic mass is 19.4. The Kier molecular flexibility index (Phi) is 8.44. The van der Waals surface area contributed by atoms with E-state index >= 15 is 0 Å². The molecule has 3 heterocycles. The van der Waals surface area contributed by atoms with Gasteiger partial charge in [0.05, 0.1) is 5.92 Å². The third kappa shape index (κ3) is 6.81. The van der Waals surface area contributed by atoms with E-state index in [1.807, 2.05) is 11.0 Å². The summed E-state index contributed by atoms with van der Waals surface area (Å²) in [6, 6.07) is 4.74. The van der Waals surface area contributed by atoms with E-state index < -0.39 is 49.0 Å². The molecule has 0 aliphatic carbocycles. The lowest BCUT2D eigenvalue weighted by molar-refractivity contribution is -0.230. The van der Waals surface area contributed by atoms with Crippen molar-refractivity contribution < 1.29 is 45.4 Å². The van der Waals surface area contributed by atoms with Crippen LogP contribution in [0, 0.1) is 11.7 Å². The predicted octanol–water partition coefficient (Wildman–Crippen LogP) is 5.03. The van der Waals surface area contributed by atoms with Gasteiger partial charge in [0.25, 0.3) is 7.28 Å². The van der Waals surface area contributed by atoms with Crippen molar-refractivity contribution in [2.75, 3.05) is 37.6 Å². The number of rotatable bonds is 6. The maximum atomic E-state index is 14.6. The molecule has 0 saturated carbocycles. The average Bonchev–Trinajstić information content (AvgIpc) is 3.22. The summed E-state index contributed by atoms with van der Waals surface area (Å²) in [4.78, 5) is 28.9. The fraction of sp³-hybridized carbons (Fsp3) is 0.680. The van der Waals surface area contributed by atoms with Gasteiger partial charge in [-0.2, -0.15) is 26.3 Å². The molecule has 0 bridgehead atoms. The molecule has 14 heteroatoms. The van der Waals surface area contributed by atoms with Gasteiger partial charge >= 0.3 is 18.3 Å². The van der Waals surface area contributed by atoms with Gasteiger partial charge in [0.1, 0.15) is 11.6 Å². The van der Waals surface area contributed by atoms with Crippen molar-refractivity contribution in [1.29, 1.82) is 0 Å². The minimum absolute atomic E-state index is 0.0602. The first kappa shape index (κ1) is 29.5. The van der Waals surface area contributed by atoms with E-state index in [-0.39, 0.29) is 18.6 Å². The Morgan fingerprint density at radius 1 is 0.949 bits per heavy atom. The SMILES string of the molecule is O=C(O)C1CCN(c2cc(F)cc(CN3CCCC34CCN(C(=O)BC(C(F)(F)F)C(F)(F)F)CC4)c2)CC1. The molecule has 3 aliphatic rings. The number of piperidine rings is 2. The number of hydrogen-bond donors (Lipinski definition) is 1. The fourth-order valence-electron chi connectivity index (χ4n) is 6.21. The molecule has 4 rings (SSSR count). The molecule has 216 valence electrons. The van der Waals surface area contributed by atoms with E-state index in [0.29, 0.717) is 57.5 Å². The Morgan fingerprint density at radius 3 is 2.13 bits per heavy atom. The van der Waals surface area contributed by atoms with E-state index in [0.717, 1.165) is 23.3 Å². The van der Waals surface area contributed by atoms with Crippen molar-refractivity contribution in [3.63, 3.8) is 0 Å². The topological polar surface area (TPSA) is 64.1 Å². The summed E-state index contributed by atoms with van der Waals surface area (Å²) in [5.74, 6) is -6.50. The molecule has 0 unspecified atom stereocenters. The van der Waals surface area contributed by atoms with Crippen LogP contribution in [0.1, 0.15) is 44.1 Å². The van der Waals surface area contributed by atoms with Gasteiger partial charge in [-0.15, -0.1) is 0 Å². The van der Waals surface area contributed by atoms with E-state index in [9.17, 15) is 45.4 Å². The number of hydrogen-bond acceptors (Lipinski definition) is 4. The van der Waals surface area contributed by atoms with Gasteiger partial charge in [0.2, 0.25) is 0 Å². The number of carbonyl (C=O) groups is 2. The van der Waals surface area contributed by atoms with E-state index in [4.69, 9.17) is 0 Å². The van der Waals surface area contributed by atoms with Crippen molar-refractivity contribution in [2.45, 2.75) is 68.8 Å². The highest BCUT2D eigenvalue weighted by Gasteiger charge is 2.58. The Morgan fingerprint density at radius 2 is 1.56 bits per heavy atom. The lowest BCUT2D eigenvalue weighted by Crippen LogP contribution is -2.54. The summed E-state index contributed by atoms with van der Waals surface area (Å²) in [6.07, 6.45) is -7.74. The van der Waals surface area contributed by atoms with Gasteiger partial charge in [-0.05, 0) is 68.8 Å². The molecule has 3 aliphatic heterocycles. The molecule has 0 atom stereocenters. The number of alkyl halides is 6. The highest BCUT2D eigenvalue weighted by molar-refractivity contribution is 6.74. The van der Waals surface area contributed by atoms with E-state index in [2.05, 4.69) is 4.90 Å². The van der Waals surface area contributed by atoms with Crippen LogP contribution in [0.25, 0.3) is 0 Å². The largest absolute Gasteiger partial charge is 0.481 e. The van der Waals surface area contributed by atoms with Gasteiger partial charge in [-0.1, -0.05) is 0 Å². The molecule has 3 saturated heterocycles. The van der Waals surface area contributed by atoms with E-state index in [1.54, 1.807) is 0 Å². The molecular formula is C25H31BF7N3O3. The first-order chi connectivity index (χ1) is 18.2. The first-order valence-electron chi connectivity index (χ1n) is 13.1. The average molecular weight is 565 g/mol. The first-order valence-corrected chi connectivity index (χ1v) is 13.1. The van der Waals surface area contributed by atoms with Gasteiger partial charge in [-0.25, -0.2) is 4.39 Å². The fourth-order valence-corrected chi connectivity index (χ4v) is 6.21. The van der Waals surface area contributed by atoms with Crippen LogP contribution in [0.5, 0.6) is 0 Å². The maximum Gasteiger partial charge on any atom is 0.394 e. The minimum Gasteiger partial charge on any atom is -0.481 e. The number of anilines is 1. The minimum atomic E-state index is -5.55. The number of carboxylic acid groups (broad SMARTS) is 1. The molecule has 6 nitrogen and oxygen atoms in total. The summed E-state index contributed by atoms with van der Waals surface area (Å²) >= 11 is 0. The number of halogens is 7. The van der Waals surface area contributed by atoms with Gasteiger partial charge < -0.3 is 14.9 Å². The number of carbonyl (C=O) groups excluding carboxylic acids is 1. The molecule has 1 aromatic carbocycles. The van der Waals surface area contributed by atoms with Crippen LogP contribution in [0.3, 0.4) is 0 Å². The summed E-state index contributed by atoms with van der Waals surface area (Å²) in [5, 5.41) is 9.22. The number of amides is 1. The maximum absolute atomic E-state index is 14.6. The third-order valence-electron chi connectivity index (χ3n) is 8.48. The van der Waals surface area contributed by atoms with Crippen molar-refractivity contribution >= 4 is 24.7 Å². The van der Waals surface area contributed by atoms with Crippen LogP contribution < -0.4 is 4.90 Å². The molecule has 0 aromatic heterocycles. The Labute approximate surface area is 222 Å². The third-order valence-corrected chi connectivity index (χ3v) is 8.48. The molecule has 39 heavy (non-hydrogen) atoms. The zero-order valence-corrected chi connectivity index (χ0v) is 21.3. The monoisotopic (exact) mass is 565 g/mol. The normalized spacial score (nSPS) is 21.1. The van der Waals surface area contributed by atoms with Crippen molar-refractivity contribution in [3.05, 3.63) is 29.6 Å². The summed E-state index contributed by atoms with van der Waals surface area (Å²) in [5.41, 5.74) is 1.03. The van der Waals surface area contributed by atoms with Gasteiger partial charge in [0, 0.05) is 44.0 Å². The lowest BCUT2D eigenvalue weighted by atomic mass is 9.61. The van der Waals surface area contributed by atoms with Crippen molar-refractivity contribution in [1.82, 2.24) is 9.80 Å². The summed E-state index contributed by atoms with van der Waals surface area (Å²) < 4.78 is 92.1.